The average molecular weight is 226 g/mol. The van der Waals surface area contributed by atoms with E-state index in [1.54, 1.807) is 14.0 Å². The molecule has 0 spiro atoms. The van der Waals surface area contributed by atoms with Crippen molar-refractivity contribution in [3.8, 4) is 0 Å². The molecule has 0 N–H and O–H groups in total. The Labute approximate surface area is 94.2 Å². The molecule has 0 aliphatic rings. The van der Waals surface area contributed by atoms with Crippen LogP contribution in [0.2, 0.25) is 0 Å². The van der Waals surface area contributed by atoms with E-state index in [1.165, 1.54) is 24.3 Å². The number of Topliss-reactive ketones (excluding diaryl/α,β-unsaturated/α-hetero) is 1. The Kier molecular flexibility index (Phi) is 5.08. The fraction of sp³-hybridized carbons (Fsp3) is 0.417. The minimum atomic E-state index is -0.541. The fourth-order valence-electron chi connectivity index (χ4n) is 1.23. The molecule has 16 heavy (non-hydrogen) atoms. The molecule has 1 aromatic rings. The monoisotopic (exact) mass is 226 g/mol. The van der Waals surface area contributed by atoms with Crippen LogP contribution in [-0.2, 0) is 9.47 Å². The highest BCUT2D eigenvalue weighted by Gasteiger charge is 2.15. The molecule has 0 radical (unpaired) electrons. The lowest BCUT2D eigenvalue weighted by Gasteiger charge is -2.11. The second-order valence-electron chi connectivity index (χ2n) is 3.38. The number of ketones is 1. The quantitative estimate of drug-likeness (QED) is 0.550. The Morgan fingerprint density at radius 3 is 2.50 bits per heavy atom. The maximum absolute atomic E-state index is 12.6. The van der Waals surface area contributed by atoms with E-state index in [0.29, 0.717) is 18.8 Å². The predicted molar refractivity (Wildman–Crippen MR) is 58.0 cm³/mol. The molecule has 3 nitrogen and oxygen atoms in total. The Hall–Kier alpha value is -1.26. The number of carbonyl (C=O) groups is 1. The van der Waals surface area contributed by atoms with Crippen LogP contribution in [0, 0.1) is 5.82 Å². The number of benzene rings is 1. The zero-order chi connectivity index (χ0) is 12.0. The summed E-state index contributed by atoms with van der Waals surface area (Å²) in [6.45, 7) is 2.48. The highest BCUT2D eigenvalue weighted by atomic mass is 19.1. The summed E-state index contributed by atoms with van der Waals surface area (Å²) in [6, 6.07) is 5.42. The van der Waals surface area contributed by atoms with E-state index in [1.807, 2.05) is 0 Å². The van der Waals surface area contributed by atoms with Crippen LogP contribution >= 0.6 is 0 Å². The van der Waals surface area contributed by atoms with Gasteiger partial charge in [0.2, 0.25) is 0 Å². The highest BCUT2D eigenvalue weighted by Crippen LogP contribution is 2.07. The largest absolute Gasteiger partial charge is 0.382 e. The van der Waals surface area contributed by atoms with Gasteiger partial charge in [0.1, 0.15) is 11.9 Å². The van der Waals surface area contributed by atoms with Gasteiger partial charge < -0.3 is 9.47 Å². The number of rotatable bonds is 6. The molecular formula is C12H15FO3. The summed E-state index contributed by atoms with van der Waals surface area (Å²) < 4.78 is 22.7. The van der Waals surface area contributed by atoms with Crippen molar-refractivity contribution in [2.24, 2.45) is 0 Å². The third kappa shape index (κ3) is 3.72. The molecule has 0 aliphatic carbocycles. The molecule has 0 aliphatic heterocycles. The zero-order valence-electron chi connectivity index (χ0n) is 9.40. The fourth-order valence-corrected chi connectivity index (χ4v) is 1.23. The van der Waals surface area contributed by atoms with Gasteiger partial charge in [0.05, 0.1) is 13.2 Å². The third-order valence-electron chi connectivity index (χ3n) is 2.15. The summed E-state index contributed by atoms with van der Waals surface area (Å²) in [7, 11) is 1.57. The van der Waals surface area contributed by atoms with Crippen LogP contribution in [0.4, 0.5) is 4.39 Å². The molecule has 0 aromatic heterocycles. The first-order valence-electron chi connectivity index (χ1n) is 5.05. The lowest BCUT2D eigenvalue weighted by atomic mass is 10.1. The van der Waals surface area contributed by atoms with E-state index in [0.717, 1.165) is 0 Å². The summed E-state index contributed by atoms with van der Waals surface area (Å²) in [5.74, 6) is -0.513. The molecule has 0 heterocycles. The van der Waals surface area contributed by atoms with Crippen LogP contribution in [0.5, 0.6) is 0 Å². The van der Waals surface area contributed by atoms with Crippen molar-refractivity contribution in [2.75, 3.05) is 20.3 Å². The van der Waals surface area contributed by atoms with Gasteiger partial charge in [-0.15, -0.1) is 0 Å². The lowest BCUT2D eigenvalue weighted by Crippen LogP contribution is -2.22. The average Bonchev–Trinajstić information content (AvgIpc) is 2.29. The summed E-state index contributed by atoms with van der Waals surface area (Å²) in [5, 5.41) is 0. The molecule has 1 unspecified atom stereocenters. The first-order chi connectivity index (χ1) is 7.65. The van der Waals surface area contributed by atoms with Crippen molar-refractivity contribution in [1.29, 1.82) is 0 Å². The van der Waals surface area contributed by atoms with E-state index in [2.05, 4.69) is 0 Å². The van der Waals surface area contributed by atoms with Crippen molar-refractivity contribution in [2.45, 2.75) is 13.0 Å². The van der Waals surface area contributed by atoms with E-state index in [-0.39, 0.29) is 11.6 Å². The van der Waals surface area contributed by atoms with Crippen LogP contribution in [0.3, 0.4) is 0 Å². The smallest absolute Gasteiger partial charge is 0.191 e. The molecule has 88 valence electrons. The van der Waals surface area contributed by atoms with E-state index in [9.17, 15) is 9.18 Å². The second-order valence-corrected chi connectivity index (χ2v) is 3.38. The van der Waals surface area contributed by atoms with Crippen molar-refractivity contribution in [3.63, 3.8) is 0 Å². The van der Waals surface area contributed by atoms with Gasteiger partial charge in [0, 0.05) is 12.7 Å². The van der Waals surface area contributed by atoms with Gasteiger partial charge in [-0.1, -0.05) is 0 Å². The molecule has 0 bridgehead atoms. The van der Waals surface area contributed by atoms with Crippen molar-refractivity contribution < 1.29 is 18.7 Å². The second kappa shape index (κ2) is 6.35. The van der Waals surface area contributed by atoms with Crippen molar-refractivity contribution in [1.82, 2.24) is 0 Å². The Morgan fingerprint density at radius 1 is 1.31 bits per heavy atom. The number of hydrogen-bond donors (Lipinski definition) is 0. The number of hydrogen-bond acceptors (Lipinski definition) is 3. The summed E-state index contributed by atoms with van der Waals surface area (Å²) in [5.41, 5.74) is 0.450. The Bertz CT molecular complexity index is 335. The van der Waals surface area contributed by atoms with Gasteiger partial charge >= 0.3 is 0 Å². The maximum Gasteiger partial charge on any atom is 0.191 e. The van der Waals surface area contributed by atoms with Crippen LogP contribution in [0.25, 0.3) is 0 Å². The van der Waals surface area contributed by atoms with Gasteiger partial charge in [0.25, 0.3) is 0 Å². The van der Waals surface area contributed by atoms with E-state index in [4.69, 9.17) is 9.47 Å². The van der Waals surface area contributed by atoms with Gasteiger partial charge in [-0.25, -0.2) is 4.39 Å². The molecule has 0 amide bonds. The minimum Gasteiger partial charge on any atom is -0.382 e. The van der Waals surface area contributed by atoms with Gasteiger partial charge in [-0.2, -0.15) is 0 Å². The summed E-state index contributed by atoms with van der Waals surface area (Å²) in [4.78, 5) is 11.8. The highest BCUT2D eigenvalue weighted by molar-refractivity contribution is 5.99. The first-order valence-corrected chi connectivity index (χ1v) is 5.05. The molecule has 1 rings (SSSR count). The Balaban J connectivity index is 2.53. The normalized spacial score (nSPS) is 12.4. The van der Waals surface area contributed by atoms with Gasteiger partial charge in [0.15, 0.2) is 5.78 Å². The Morgan fingerprint density at radius 2 is 1.94 bits per heavy atom. The lowest BCUT2D eigenvalue weighted by molar-refractivity contribution is 0.0256. The van der Waals surface area contributed by atoms with Crippen LogP contribution < -0.4 is 0 Å². The first kappa shape index (κ1) is 12.8. The van der Waals surface area contributed by atoms with E-state index < -0.39 is 6.10 Å². The maximum atomic E-state index is 12.6. The van der Waals surface area contributed by atoms with Crippen molar-refractivity contribution >= 4 is 5.78 Å². The van der Waals surface area contributed by atoms with Crippen molar-refractivity contribution in [3.05, 3.63) is 35.6 Å². The van der Waals surface area contributed by atoms with Gasteiger partial charge in [-0.3, -0.25) is 4.79 Å². The predicted octanol–water partition coefficient (Wildman–Crippen LogP) is 2.06. The van der Waals surface area contributed by atoms with Crippen LogP contribution in [0.1, 0.15) is 17.3 Å². The molecule has 0 saturated heterocycles. The standard InChI is InChI=1S/C12H15FO3/c1-9(16-8-7-15-2)12(14)10-3-5-11(13)6-4-10/h3-6,9H,7-8H2,1-2H3. The molecule has 0 fully saturated rings. The number of methoxy groups -OCH3 is 1. The molecule has 4 heteroatoms. The molecule has 0 saturated carbocycles. The molecule has 1 aromatic carbocycles. The number of ether oxygens (including phenoxy) is 2. The SMILES string of the molecule is COCCOC(C)C(=O)c1ccc(F)cc1. The topological polar surface area (TPSA) is 35.5 Å². The van der Waals surface area contributed by atoms with Gasteiger partial charge in [-0.05, 0) is 31.2 Å². The minimum absolute atomic E-state index is 0.156. The molecular weight excluding hydrogens is 211 g/mol. The molecule has 1 atom stereocenters. The number of halogens is 1. The van der Waals surface area contributed by atoms with Crippen LogP contribution in [-0.4, -0.2) is 32.2 Å². The number of carbonyl (C=O) groups excluding carboxylic acids is 1. The zero-order valence-corrected chi connectivity index (χ0v) is 9.40. The summed E-state index contributed by atoms with van der Waals surface area (Å²) >= 11 is 0. The summed E-state index contributed by atoms with van der Waals surface area (Å²) in [6.07, 6.45) is -0.541. The van der Waals surface area contributed by atoms with Crippen LogP contribution in [0.15, 0.2) is 24.3 Å². The van der Waals surface area contributed by atoms with E-state index >= 15 is 0 Å². The third-order valence-corrected chi connectivity index (χ3v) is 2.15.